The Morgan fingerprint density at radius 3 is 2.34 bits per heavy atom. The molecule has 2 saturated heterocycles. The van der Waals surface area contributed by atoms with E-state index in [9.17, 15) is 46.1 Å². The smallest absolute Gasteiger partial charge is 0.416 e. The lowest BCUT2D eigenvalue weighted by Crippen LogP contribution is -2.35. The number of nitrogens with zero attached hydrogens (tertiary/aromatic N) is 2. The van der Waals surface area contributed by atoms with Gasteiger partial charge < -0.3 is 19.7 Å². The number of aromatic hydroxyl groups is 1. The molecule has 2 amide bonds. The van der Waals surface area contributed by atoms with Crippen molar-refractivity contribution in [3.63, 3.8) is 0 Å². The molecule has 0 bridgehead atoms. The predicted molar refractivity (Wildman–Crippen MR) is 177 cm³/mol. The van der Waals surface area contributed by atoms with Gasteiger partial charge in [0.15, 0.2) is 11.5 Å². The van der Waals surface area contributed by atoms with Gasteiger partial charge in [0.1, 0.15) is 0 Å². The summed E-state index contributed by atoms with van der Waals surface area (Å²) in [6, 6.07) is 9.53. The highest BCUT2D eigenvalue weighted by Crippen LogP contribution is 2.51. The number of pyridine rings is 1. The number of halogens is 7. The molecule has 0 saturated carbocycles. The predicted octanol–water partition coefficient (Wildman–Crippen LogP) is 7.27. The van der Waals surface area contributed by atoms with Crippen LogP contribution in [0.4, 0.5) is 32.0 Å². The lowest BCUT2D eigenvalue weighted by molar-refractivity contribution is -0.143. The van der Waals surface area contributed by atoms with Crippen LogP contribution in [-0.2, 0) is 26.7 Å². The lowest BCUT2D eigenvalue weighted by Gasteiger charge is -2.31. The molecule has 0 spiro atoms. The number of phenols is 1. The van der Waals surface area contributed by atoms with Crippen molar-refractivity contribution in [2.24, 2.45) is 17.8 Å². The number of fused-ring (bicyclic) bond motifs is 3. The molecule has 2 fully saturated rings. The van der Waals surface area contributed by atoms with E-state index in [-0.39, 0.29) is 30.6 Å². The molecule has 2 aliphatic heterocycles. The van der Waals surface area contributed by atoms with Gasteiger partial charge in [-0.2, -0.15) is 26.3 Å². The summed E-state index contributed by atoms with van der Waals surface area (Å²) in [4.78, 5) is 32.3. The molecule has 0 radical (unpaired) electrons. The number of rotatable bonds is 8. The summed E-state index contributed by atoms with van der Waals surface area (Å²) >= 11 is 1.99. The molecule has 3 heterocycles. The first-order valence-electron chi connectivity index (χ1n) is 15.4. The summed E-state index contributed by atoms with van der Waals surface area (Å²) < 4.78 is 93.8. The minimum atomic E-state index is -5.17. The van der Waals surface area contributed by atoms with E-state index in [1.54, 1.807) is 24.4 Å². The Bertz CT molecular complexity index is 1860. The molecule has 1 aliphatic carbocycles. The van der Waals surface area contributed by atoms with Crippen LogP contribution < -0.4 is 9.64 Å². The molecule has 8 nitrogen and oxygen atoms in total. The van der Waals surface area contributed by atoms with Crippen molar-refractivity contribution >= 4 is 51.7 Å². The van der Waals surface area contributed by atoms with Crippen LogP contribution in [0.1, 0.15) is 41.6 Å². The summed E-state index contributed by atoms with van der Waals surface area (Å²) in [5, 5.41) is 20.7. The van der Waals surface area contributed by atoms with E-state index in [1.165, 1.54) is 7.11 Å². The number of hydrogen-bond donors (Lipinski definition) is 2. The second-order valence-electron chi connectivity index (χ2n) is 12.2. The number of carbonyl (C=O) groups is 2. The van der Waals surface area contributed by atoms with E-state index in [2.05, 4.69) is 4.98 Å². The zero-order chi connectivity index (χ0) is 36.1. The first kappa shape index (κ1) is 35.9. The topological polar surface area (TPSA) is 109 Å². The number of hydrogen-bond acceptors (Lipinski definition) is 7. The molecule has 3 aliphatic rings. The molecule has 2 N–H and O–H groups in total. The number of carbonyl (C=O) groups excluding carboxylic acids is 2. The van der Waals surface area contributed by atoms with Crippen LogP contribution in [0, 0.1) is 21.3 Å². The second-order valence-corrected chi connectivity index (χ2v) is 13.4. The molecule has 1 aromatic heterocycles. The third kappa shape index (κ3) is 6.74. The van der Waals surface area contributed by atoms with Crippen LogP contribution in [0.3, 0.4) is 0 Å². The maximum absolute atomic E-state index is 13.8. The highest BCUT2D eigenvalue weighted by atomic mass is 127. The van der Waals surface area contributed by atoms with Crippen molar-refractivity contribution in [1.82, 2.24) is 4.98 Å². The van der Waals surface area contributed by atoms with Crippen LogP contribution in [0.15, 0.2) is 65.9 Å². The van der Waals surface area contributed by atoms with Gasteiger partial charge in [-0.05, 0) is 113 Å². The maximum Gasteiger partial charge on any atom is 0.416 e. The molecule has 4 atom stereocenters. The average molecular weight is 815 g/mol. The van der Waals surface area contributed by atoms with Crippen LogP contribution in [0.25, 0.3) is 11.6 Å². The Morgan fingerprint density at radius 2 is 1.74 bits per heavy atom. The number of ether oxygens (including phenoxy) is 2. The molecule has 0 unspecified atom stereocenters. The quantitative estimate of drug-likeness (QED) is 0.107. The van der Waals surface area contributed by atoms with E-state index >= 15 is 0 Å². The number of benzene rings is 2. The molecule has 15 heteroatoms. The van der Waals surface area contributed by atoms with Crippen molar-refractivity contribution in [3.05, 3.63) is 91.8 Å². The molecular weight excluding hydrogens is 785 g/mol. The van der Waals surface area contributed by atoms with Crippen molar-refractivity contribution in [1.29, 1.82) is 0 Å². The van der Waals surface area contributed by atoms with Gasteiger partial charge in [0.05, 0.1) is 64.3 Å². The minimum Gasteiger partial charge on any atom is -0.504 e. The summed E-state index contributed by atoms with van der Waals surface area (Å²) in [7, 11) is 1.44. The fourth-order valence-corrected chi connectivity index (χ4v) is 7.71. The van der Waals surface area contributed by atoms with Crippen LogP contribution in [0.5, 0.6) is 11.5 Å². The summed E-state index contributed by atoms with van der Waals surface area (Å²) in [5.74, 6) is -4.48. The van der Waals surface area contributed by atoms with Crippen LogP contribution >= 0.6 is 22.6 Å². The van der Waals surface area contributed by atoms with Gasteiger partial charge in [0.25, 0.3) is 0 Å². The Labute approximate surface area is 295 Å². The maximum atomic E-state index is 13.8. The number of aliphatic hydroxyl groups is 1. The lowest BCUT2D eigenvalue weighted by atomic mass is 9.69. The molecular formula is C35H29F6IN2O6. The van der Waals surface area contributed by atoms with E-state index in [1.807, 2.05) is 40.8 Å². The molecule has 2 aromatic carbocycles. The Kier molecular flexibility index (Phi) is 9.78. The van der Waals surface area contributed by atoms with Crippen molar-refractivity contribution < 1.29 is 55.6 Å². The summed E-state index contributed by atoms with van der Waals surface area (Å²) in [6.45, 7) is -0.517. The summed E-state index contributed by atoms with van der Waals surface area (Å²) in [6.07, 6.45) is -6.77. The van der Waals surface area contributed by atoms with Gasteiger partial charge in [0, 0.05) is 12.1 Å². The second kappa shape index (κ2) is 13.6. The number of aromatic nitrogens is 1. The van der Waals surface area contributed by atoms with Gasteiger partial charge in [0.2, 0.25) is 11.8 Å². The van der Waals surface area contributed by atoms with Crippen LogP contribution in [0.2, 0.25) is 0 Å². The number of methoxy groups -OCH3 is 1. The average Bonchev–Trinajstić information content (AvgIpc) is 3.61. The Balaban J connectivity index is 1.30. The molecule has 3 aromatic rings. The van der Waals surface area contributed by atoms with E-state index in [0.29, 0.717) is 50.3 Å². The Morgan fingerprint density at radius 1 is 1.04 bits per heavy atom. The normalized spacial score (nSPS) is 22.7. The third-order valence-corrected chi connectivity index (χ3v) is 10.1. The fraction of sp³-hybridized carbons (Fsp3) is 0.343. The molecule has 50 heavy (non-hydrogen) atoms. The van der Waals surface area contributed by atoms with Crippen molar-refractivity contribution in [2.75, 3.05) is 25.2 Å². The van der Waals surface area contributed by atoms with Gasteiger partial charge in [-0.3, -0.25) is 14.6 Å². The van der Waals surface area contributed by atoms with Crippen LogP contribution in [-0.4, -0.2) is 53.4 Å². The SMILES string of the molecule is COc1cc(/C=C(/CC[C@H]2OC[C@H]3C2=C(CO)C[C@H]2C(=O)N(c4cc(C(F)(F)F)cc(C(F)(F)F)c4)C(=O)[C@H]23)c2ccccn2)cc(I)c1O. The van der Waals surface area contributed by atoms with Crippen molar-refractivity contribution in [2.45, 2.75) is 37.7 Å². The monoisotopic (exact) mass is 814 g/mol. The molecule has 6 rings (SSSR count). The zero-order valence-corrected chi connectivity index (χ0v) is 28.3. The van der Waals surface area contributed by atoms with E-state index in [0.717, 1.165) is 11.1 Å². The zero-order valence-electron chi connectivity index (χ0n) is 26.2. The number of aliphatic hydroxyl groups excluding tert-OH is 1. The van der Waals surface area contributed by atoms with Gasteiger partial charge in [-0.25, -0.2) is 4.90 Å². The van der Waals surface area contributed by atoms with Gasteiger partial charge >= 0.3 is 12.4 Å². The number of anilines is 1. The summed E-state index contributed by atoms with van der Waals surface area (Å²) in [5.41, 5.74) is -0.863. The highest BCUT2D eigenvalue weighted by Gasteiger charge is 2.57. The van der Waals surface area contributed by atoms with Gasteiger partial charge in [-0.1, -0.05) is 6.07 Å². The molecule has 264 valence electrons. The number of alkyl halides is 6. The highest BCUT2D eigenvalue weighted by molar-refractivity contribution is 14.1. The van der Waals surface area contributed by atoms with E-state index in [4.69, 9.17) is 9.47 Å². The Hall–Kier alpha value is -3.96. The number of allylic oxidation sites excluding steroid dienone is 1. The number of amides is 2. The fourth-order valence-electron chi connectivity index (χ4n) is 7.09. The van der Waals surface area contributed by atoms with Crippen molar-refractivity contribution in [3.8, 4) is 11.5 Å². The van der Waals surface area contributed by atoms with E-state index < -0.39 is 71.4 Å². The number of imide groups is 1. The number of phenolic OH excluding ortho intramolecular Hbond substituents is 1. The standard InChI is InChI=1S/C35H29F6IN2O6/c1-49-28-10-17(9-25(42)31(28)46)8-18(26-4-2-3-7-43-26)5-6-27-29-19(15-45)11-23-30(24(29)16-50-27)33(48)44(32(23)47)22-13-20(34(36,37)38)12-21(14-22)35(39,40)41/h2-4,7-10,12-14,23-24,27,30,45-46H,5-6,11,15-16H2,1H3/b18-8-/t23-,24+,27-,30-/m1/s1. The largest absolute Gasteiger partial charge is 0.504 e. The first-order valence-corrected chi connectivity index (χ1v) is 16.5. The minimum absolute atomic E-state index is 0.00135. The van der Waals surface area contributed by atoms with Gasteiger partial charge in [-0.15, -0.1) is 0 Å². The third-order valence-electron chi connectivity index (χ3n) is 9.31. The first-order chi connectivity index (χ1) is 23.6.